The van der Waals surface area contributed by atoms with Crippen LogP contribution < -0.4 is 10.5 Å². The summed E-state index contributed by atoms with van der Waals surface area (Å²) in [4.78, 5) is 0.273. The van der Waals surface area contributed by atoms with Crippen molar-refractivity contribution in [3.8, 4) is 0 Å². The molecule has 0 amide bonds. The van der Waals surface area contributed by atoms with Crippen LogP contribution in [0.4, 0.5) is 5.69 Å². The molecule has 0 saturated carbocycles. The Hall–Kier alpha value is -1.37. The van der Waals surface area contributed by atoms with Gasteiger partial charge in [-0.15, -0.1) is 0 Å². The summed E-state index contributed by atoms with van der Waals surface area (Å²) in [5.74, 6) is 0. The fourth-order valence-electron chi connectivity index (χ4n) is 2.63. The quantitative estimate of drug-likeness (QED) is 0.820. The van der Waals surface area contributed by atoms with Crippen LogP contribution in [0.3, 0.4) is 0 Å². The second-order valence-electron chi connectivity index (χ2n) is 5.12. The fraction of sp³-hybridized carbons (Fsp3) is 0.200. The average molecular weight is 367 g/mol. The monoisotopic (exact) mass is 366 g/mol. The molecule has 1 aliphatic carbocycles. The highest BCUT2D eigenvalue weighted by Crippen LogP contribution is 2.33. The van der Waals surface area contributed by atoms with Crippen molar-refractivity contribution < 1.29 is 8.42 Å². The van der Waals surface area contributed by atoms with Crippen molar-refractivity contribution in [2.45, 2.75) is 23.8 Å². The number of fused-ring (bicyclic) bond motifs is 1. The van der Waals surface area contributed by atoms with Crippen LogP contribution in [0.5, 0.6) is 0 Å². The number of anilines is 1. The summed E-state index contributed by atoms with van der Waals surface area (Å²) in [5, 5.41) is 0. The van der Waals surface area contributed by atoms with Crippen molar-refractivity contribution in [3.05, 3.63) is 58.1 Å². The zero-order chi connectivity index (χ0) is 15.0. The van der Waals surface area contributed by atoms with Crippen molar-refractivity contribution in [2.75, 3.05) is 5.73 Å². The molecule has 0 aliphatic heterocycles. The minimum atomic E-state index is -3.52. The lowest BCUT2D eigenvalue weighted by molar-refractivity contribution is 0.554. The molecule has 0 bridgehead atoms. The highest BCUT2D eigenvalue weighted by molar-refractivity contribution is 9.10. The fourth-order valence-corrected chi connectivity index (χ4v) is 4.14. The maximum Gasteiger partial charge on any atom is 0.241 e. The molecule has 21 heavy (non-hydrogen) atoms. The standard InChI is InChI=1S/C15H15BrN2O2S/c16-11-2-5-13(6-3-11)21(19,20)18-15-8-1-10-9-12(17)4-7-14(10)15/h2-7,9,15,18H,1,8,17H2. The largest absolute Gasteiger partial charge is 0.399 e. The van der Waals surface area contributed by atoms with Gasteiger partial charge in [0, 0.05) is 16.2 Å². The molecule has 1 aliphatic rings. The predicted octanol–water partition coefficient (Wildman–Crippen LogP) is 3.00. The number of halogens is 1. The van der Waals surface area contributed by atoms with Gasteiger partial charge in [-0.25, -0.2) is 13.1 Å². The highest BCUT2D eigenvalue weighted by atomic mass is 79.9. The third-order valence-corrected chi connectivity index (χ3v) is 5.68. The third-order valence-electron chi connectivity index (χ3n) is 3.67. The first kappa shape index (κ1) is 14.6. The average Bonchev–Trinajstić information content (AvgIpc) is 2.81. The van der Waals surface area contributed by atoms with Crippen LogP contribution in [0.25, 0.3) is 0 Å². The Morgan fingerprint density at radius 3 is 2.57 bits per heavy atom. The smallest absolute Gasteiger partial charge is 0.241 e. The Kier molecular flexibility index (Phi) is 3.77. The minimum Gasteiger partial charge on any atom is -0.399 e. The minimum absolute atomic E-state index is 0.186. The van der Waals surface area contributed by atoms with E-state index in [2.05, 4.69) is 20.7 Å². The summed E-state index contributed by atoms with van der Waals surface area (Å²) < 4.78 is 28.5. The summed E-state index contributed by atoms with van der Waals surface area (Å²) >= 11 is 3.30. The molecule has 4 nitrogen and oxygen atoms in total. The first-order valence-corrected chi connectivity index (χ1v) is 8.89. The van der Waals surface area contributed by atoms with Gasteiger partial charge in [0.1, 0.15) is 0 Å². The molecule has 2 aromatic rings. The van der Waals surface area contributed by atoms with Gasteiger partial charge in [-0.2, -0.15) is 0 Å². The first-order chi connectivity index (χ1) is 9.95. The van der Waals surface area contributed by atoms with Gasteiger partial charge in [-0.1, -0.05) is 22.0 Å². The molecule has 0 spiro atoms. The number of aryl methyl sites for hydroxylation is 1. The van der Waals surface area contributed by atoms with Gasteiger partial charge in [-0.3, -0.25) is 0 Å². The van der Waals surface area contributed by atoms with Gasteiger partial charge in [0.2, 0.25) is 10.0 Å². The molecule has 110 valence electrons. The zero-order valence-corrected chi connectivity index (χ0v) is 13.6. The summed E-state index contributed by atoms with van der Waals surface area (Å²) in [6.07, 6.45) is 1.60. The number of hydrogen-bond acceptors (Lipinski definition) is 3. The Bertz CT molecular complexity index is 773. The van der Waals surface area contributed by atoms with E-state index >= 15 is 0 Å². The van der Waals surface area contributed by atoms with Gasteiger partial charge in [0.05, 0.1) is 4.90 Å². The molecule has 2 aromatic carbocycles. The van der Waals surface area contributed by atoms with Gasteiger partial charge in [-0.05, 0) is 60.4 Å². The number of nitrogens with two attached hydrogens (primary N) is 1. The molecule has 0 radical (unpaired) electrons. The van der Waals surface area contributed by atoms with Crippen LogP contribution in [0.15, 0.2) is 51.8 Å². The van der Waals surface area contributed by atoms with Crippen molar-refractivity contribution in [1.29, 1.82) is 0 Å². The molecule has 6 heteroatoms. The number of nitrogens with one attached hydrogen (secondary N) is 1. The molecular weight excluding hydrogens is 352 g/mol. The van der Waals surface area contributed by atoms with Crippen LogP contribution in [0.1, 0.15) is 23.6 Å². The van der Waals surface area contributed by atoms with Gasteiger partial charge < -0.3 is 5.73 Å². The predicted molar refractivity (Wildman–Crippen MR) is 86.4 cm³/mol. The first-order valence-electron chi connectivity index (χ1n) is 6.62. The number of sulfonamides is 1. The van der Waals surface area contributed by atoms with Crippen LogP contribution in [0, 0.1) is 0 Å². The Labute approximate surface area is 132 Å². The van der Waals surface area contributed by atoms with E-state index in [1.54, 1.807) is 24.3 Å². The molecule has 0 aromatic heterocycles. The van der Waals surface area contributed by atoms with Crippen molar-refractivity contribution in [1.82, 2.24) is 4.72 Å². The topological polar surface area (TPSA) is 72.2 Å². The second kappa shape index (κ2) is 5.44. The van der Waals surface area contributed by atoms with Crippen molar-refractivity contribution in [3.63, 3.8) is 0 Å². The van der Waals surface area contributed by atoms with Crippen LogP contribution in [-0.4, -0.2) is 8.42 Å². The molecule has 1 atom stereocenters. The Morgan fingerprint density at radius 2 is 1.86 bits per heavy atom. The second-order valence-corrected chi connectivity index (χ2v) is 7.75. The number of benzene rings is 2. The third kappa shape index (κ3) is 2.97. The summed E-state index contributed by atoms with van der Waals surface area (Å²) in [6, 6.07) is 12.1. The van der Waals surface area contributed by atoms with Crippen LogP contribution in [0.2, 0.25) is 0 Å². The van der Waals surface area contributed by atoms with Crippen molar-refractivity contribution >= 4 is 31.6 Å². The number of hydrogen-bond donors (Lipinski definition) is 2. The van der Waals surface area contributed by atoms with E-state index in [1.165, 1.54) is 0 Å². The maximum absolute atomic E-state index is 12.4. The maximum atomic E-state index is 12.4. The van der Waals surface area contributed by atoms with E-state index in [1.807, 2.05) is 18.2 Å². The van der Waals surface area contributed by atoms with E-state index in [9.17, 15) is 8.42 Å². The molecule has 3 N–H and O–H groups in total. The van der Waals surface area contributed by atoms with E-state index in [0.717, 1.165) is 28.4 Å². The summed E-state index contributed by atoms with van der Waals surface area (Å²) in [5.41, 5.74) is 8.62. The van der Waals surface area contributed by atoms with E-state index in [4.69, 9.17) is 5.73 Å². The molecule has 0 heterocycles. The summed E-state index contributed by atoms with van der Waals surface area (Å²) in [7, 11) is -3.52. The lowest BCUT2D eigenvalue weighted by Gasteiger charge is -2.14. The van der Waals surface area contributed by atoms with Crippen LogP contribution in [-0.2, 0) is 16.4 Å². The van der Waals surface area contributed by atoms with Crippen molar-refractivity contribution in [2.24, 2.45) is 0 Å². The lowest BCUT2D eigenvalue weighted by Crippen LogP contribution is -2.27. The molecule has 3 rings (SSSR count). The van der Waals surface area contributed by atoms with E-state index in [-0.39, 0.29) is 10.9 Å². The zero-order valence-electron chi connectivity index (χ0n) is 11.2. The van der Waals surface area contributed by atoms with Gasteiger partial charge in [0.15, 0.2) is 0 Å². The van der Waals surface area contributed by atoms with Crippen LogP contribution >= 0.6 is 15.9 Å². The molecular formula is C15H15BrN2O2S. The van der Waals surface area contributed by atoms with E-state index < -0.39 is 10.0 Å². The number of rotatable bonds is 3. The lowest BCUT2D eigenvalue weighted by atomic mass is 10.1. The Balaban J connectivity index is 1.86. The SMILES string of the molecule is Nc1ccc2c(c1)CCC2NS(=O)(=O)c1ccc(Br)cc1. The normalized spacial score (nSPS) is 17.7. The summed E-state index contributed by atoms with van der Waals surface area (Å²) in [6.45, 7) is 0. The molecule has 0 fully saturated rings. The molecule has 1 unspecified atom stereocenters. The molecule has 0 saturated heterocycles. The van der Waals surface area contributed by atoms with Gasteiger partial charge >= 0.3 is 0 Å². The highest BCUT2D eigenvalue weighted by Gasteiger charge is 2.27. The number of nitrogen functional groups attached to an aromatic ring is 1. The van der Waals surface area contributed by atoms with E-state index in [0.29, 0.717) is 5.69 Å². The van der Waals surface area contributed by atoms with Gasteiger partial charge in [0.25, 0.3) is 0 Å². The Morgan fingerprint density at radius 1 is 1.14 bits per heavy atom.